The highest BCUT2D eigenvalue weighted by atomic mass is 35.5. The number of halogens is 1. The van der Waals surface area contributed by atoms with Crippen molar-refractivity contribution in [2.45, 2.75) is 0 Å². The van der Waals surface area contributed by atoms with Gasteiger partial charge in [-0.1, -0.05) is 29.8 Å². The quantitative estimate of drug-likeness (QED) is 0.581. The van der Waals surface area contributed by atoms with Crippen LogP contribution in [-0.2, 0) is 4.79 Å². The van der Waals surface area contributed by atoms with Gasteiger partial charge in [0.2, 0.25) is 0 Å². The van der Waals surface area contributed by atoms with Crippen LogP contribution in [0.25, 0.3) is 0 Å². The van der Waals surface area contributed by atoms with Crippen molar-refractivity contribution in [3.8, 4) is 11.5 Å². The van der Waals surface area contributed by atoms with Crippen molar-refractivity contribution < 1.29 is 19.1 Å². The molecule has 1 aliphatic heterocycles. The maximum Gasteiger partial charge on any atom is 0.323 e. The predicted molar refractivity (Wildman–Crippen MR) is 120 cm³/mol. The third-order valence-corrected chi connectivity index (χ3v) is 4.84. The van der Waals surface area contributed by atoms with Crippen molar-refractivity contribution in [1.29, 1.82) is 0 Å². The van der Waals surface area contributed by atoms with Gasteiger partial charge >= 0.3 is 6.03 Å². The highest BCUT2D eigenvalue weighted by Gasteiger charge is 2.25. The van der Waals surface area contributed by atoms with Crippen molar-refractivity contribution >= 4 is 40.6 Å². The highest BCUT2D eigenvalue weighted by Crippen LogP contribution is 2.34. The van der Waals surface area contributed by atoms with Gasteiger partial charge < -0.3 is 25.0 Å². The summed E-state index contributed by atoms with van der Waals surface area (Å²) in [6, 6.07) is 21.0. The molecule has 158 valence electrons. The monoisotopic (exact) mass is 437 g/mol. The number of anilines is 3. The second kappa shape index (κ2) is 9.40. The maximum absolute atomic E-state index is 12.3. The third-order valence-electron chi connectivity index (χ3n) is 4.59. The average molecular weight is 438 g/mol. The van der Waals surface area contributed by atoms with Crippen molar-refractivity contribution in [1.82, 2.24) is 0 Å². The van der Waals surface area contributed by atoms with E-state index < -0.39 is 6.03 Å². The normalized spacial score (nSPS) is 12.5. The number of carbonyl (C=O) groups is 2. The Bertz CT molecular complexity index is 1070. The fourth-order valence-corrected chi connectivity index (χ4v) is 3.25. The second-order valence-electron chi connectivity index (χ2n) is 6.76. The molecule has 0 aliphatic carbocycles. The number of hydrogen-bond donors (Lipinski definition) is 2. The molecule has 0 atom stereocenters. The van der Waals surface area contributed by atoms with Gasteiger partial charge in [0, 0.05) is 22.5 Å². The summed E-state index contributed by atoms with van der Waals surface area (Å²) in [7, 11) is 0. The number of urea groups is 1. The molecule has 0 unspecified atom stereocenters. The molecule has 3 aromatic rings. The van der Waals surface area contributed by atoms with E-state index in [1.807, 2.05) is 30.3 Å². The summed E-state index contributed by atoms with van der Waals surface area (Å²) >= 11 is 5.85. The largest absolute Gasteiger partial charge is 0.492 e. The highest BCUT2D eigenvalue weighted by molar-refractivity contribution is 6.30. The maximum atomic E-state index is 12.3. The van der Waals surface area contributed by atoms with Crippen molar-refractivity contribution in [3.63, 3.8) is 0 Å². The van der Waals surface area contributed by atoms with Gasteiger partial charge in [0.15, 0.2) is 6.61 Å². The summed E-state index contributed by atoms with van der Waals surface area (Å²) in [5.41, 5.74) is 1.79. The molecule has 4 rings (SSSR count). The lowest BCUT2D eigenvalue weighted by atomic mass is 10.2. The summed E-state index contributed by atoms with van der Waals surface area (Å²) in [5.74, 6) is 1.11. The SMILES string of the molecule is O=C(Nc1ccc(Cl)cc1)Nc1ccc2c(c1)OCC(=O)N2CCOc1ccccc1. The minimum Gasteiger partial charge on any atom is -0.492 e. The first-order chi connectivity index (χ1) is 15.1. The zero-order valence-corrected chi connectivity index (χ0v) is 17.3. The Kier molecular flexibility index (Phi) is 6.24. The zero-order chi connectivity index (χ0) is 21.6. The number of carbonyl (C=O) groups excluding carboxylic acids is 2. The molecule has 8 heteroatoms. The fourth-order valence-electron chi connectivity index (χ4n) is 3.13. The molecule has 1 aliphatic rings. The van der Waals surface area contributed by atoms with Gasteiger partial charge in [0.25, 0.3) is 5.91 Å². The smallest absolute Gasteiger partial charge is 0.323 e. The van der Waals surface area contributed by atoms with Crippen molar-refractivity contribution in [2.75, 3.05) is 35.3 Å². The molecule has 31 heavy (non-hydrogen) atoms. The van der Waals surface area contributed by atoms with Crippen LogP contribution in [0.2, 0.25) is 5.02 Å². The second-order valence-corrected chi connectivity index (χ2v) is 7.20. The van der Waals surface area contributed by atoms with E-state index in [1.54, 1.807) is 47.4 Å². The lowest BCUT2D eigenvalue weighted by Gasteiger charge is -2.29. The van der Waals surface area contributed by atoms with E-state index in [9.17, 15) is 9.59 Å². The number of hydrogen-bond acceptors (Lipinski definition) is 4. The molecular formula is C23H20ClN3O4. The van der Waals surface area contributed by atoms with E-state index in [2.05, 4.69) is 10.6 Å². The molecule has 0 spiro atoms. The molecule has 0 saturated carbocycles. The summed E-state index contributed by atoms with van der Waals surface area (Å²) in [6.45, 7) is 0.658. The Balaban J connectivity index is 1.39. The van der Waals surface area contributed by atoms with Crippen molar-refractivity contribution in [2.24, 2.45) is 0 Å². The predicted octanol–water partition coefficient (Wildman–Crippen LogP) is 4.79. The number of benzene rings is 3. The van der Waals surface area contributed by atoms with Gasteiger partial charge in [-0.3, -0.25) is 4.79 Å². The minimum atomic E-state index is -0.401. The summed E-state index contributed by atoms with van der Waals surface area (Å²) in [6.07, 6.45) is 0. The number of nitrogens with one attached hydrogen (secondary N) is 2. The van der Waals surface area contributed by atoms with Crippen LogP contribution >= 0.6 is 11.6 Å². The van der Waals surface area contributed by atoms with Crippen LogP contribution in [0.4, 0.5) is 21.9 Å². The topological polar surface area (TPSA) is 79.9 Å². The average Bonchev–Trinajstić information content (AvgIpc) is 2.77. The molecule has 7 nitrogen and oxygen atoms in total. The molecule has 3 amide bonds. The van der Waals surface area contributed by atoms with Crippen LogP contribution in [0.1, 0.15) is 0 Å². The molecule has 0 radical (unpaired) electrons. The van der Waals surface area contributed by atoms with Crippen LogP contribution in [0.15, 0.2) is 72.8 Å². The minimum absolute atomic E-state index is 0.0707. The van der Waals surface area contributed by atoms with E-state index in [1.165, 1.54) is 0 Å². The first-order valence-electron chi connectivity index (χ1n) is 9.67. The van der Waals surface area contributed by atoms with Crippen LogP contribution in [0.5, 0.6) is 11.5 Å². The first-order valence-corrected chi connectivity index (χ1v) is 10.0. The number of rotatable bonds is 6. The van der Waals surface area contributed by atoms with Gasteiger partial charge in [-0.2, -0.15) is 0 Å². The van der Waals surface area contributed by atoms with E-state index in [0.717, 1.165) is 5.75 Å². The zero-order valence-electron chi connectivity index (χ0n) is 16.5. The Morgan fingerprint density at radius 1 is 1.00 bits per heavy atom. The molecule has 0 bridgehead atoms. The number of para-hydroxylation sites is 1. The van der Waals surface area contributed by atoms with Gasteiger partial charge in [-0.15, -0.1) is 0 Å². The van der Waals surface area contributed by atoms with E-state index in [0.29, 0.717) is 41.0 Å². The molecule has 1 heterocycles. The number of ether oxygens (including phenoxy) is 2. The van der Waals surface area contributed by atoms with E-state index in [4.69, 9.17) is 21.1 Å². The number of amides is 3. The Morgan fingerprint density at radius 3 is 2.48 bits per heavy atom. The van der Waals surface area contributed by atoms with Crippen LogP contribution in [-0.4, -0.2) is 31.7 Å². The van der Waals surface area contributed by atoms with E-state index >= 15 is 0 Å². The third kappa shape index (κ3) is 5.26. The first kappa shape index (κ1) is 20.6. The van der Waals surface area contributed by atoms with Crippen LogP contribution < -0.4 is 25.0 Å². The van der Waals surface area contributed by atoms with Gasteiger partial charge in [-0.25, -0.2) is 4.79 Å². The summed E-state index contributed by atoms with van der Waals surface area (Å²) in [4.78, 5) is 26.2. The fraction of sp³-hybridized carbons (Fsp3) is 0.130. The van der Waals surface area contributed by atoms with Crippen molar-refractivity contribution in [3.05, 3.63) is 77.8 Å². The van der Waals surface area contributed by atoms with Crippen LogP contribution in [0.3, 0.4) is 0 Å². The lowest BCUT2D eigenvalue weighted by Crippen LogP contribution is -2.41. The molecule has 0 fully saturated rings. The Labute approximate surface area is 184 Å². The number of nitrogens with zero attached hydrogens (tertiary/aromatic N) is 1. The molecular weight excluding hydrogens is 418 g/mol. The Hall–Kier alpha value is -3.71. The molecule has 3 aromatic carbocycles. The van der Waals surface area contributed by atoms with Gasteiger partial charge in [0.1, 0.15) is 18.1 Å². The molecule has 2 N–H and O–H groups in total. The summed E-state index contributed by atoms with van der Waals surface area (Å²) in [5, 5.41) is 6.07. The summed E-state index contributed by atoms with van der Waals surface area (Å²) < 4.78 is 11.3. The van der Waals surface area contributed by atoms with Gasteiger partial charge in [-0.05, 0) is 48.5 Å². The molecule has 0 saturated heterocycles. The van der Waals surface area contributed by atoms with Gasteiger partial charge in [0.05, 0.1) is 12.2 Å². The molecule has 0 aromatic heterocycles. The van der Waals surface area contributed by atoms with Crippen LogP contribution in [0, 0.1) is 0 Å². The lowest BCUT2D eigenvalue weighted by molar-refractivity contribution is -0.121. The standard InChI is InChI=1S/C23H20ClN3O4/c24-16-6-8-17(9-7-16)25-23(29)26-18-10-11-20-21(14-18)31-15-22(28)27(20)12-13-30-19-4-2-1-3-5-19/h1-11,14H,12-13,15H2,(H2,25,26,29). The Morgan fingerprint density at radius 2 is 1.71 bits per heavy atom. The number of fused-ring (bicyclic) bond motifs is 1. The van der Waals surface area contributed by atoms with E-state index in [-0.39, 0.29) is 12.5 Å².